The van der Waals surface area contributed by atoms with Gasteiger partial charge in [0.1, 0.15) is 5.41 Å². The largest absolute Gasteiger partial charge is 0.331 e. The molecule has 0 bridgehead atoms. The lowest BCUT2D eigenvalue weighted by atomic mass is 9.67. The molecule has 0 atom stereocenters. The molecule has 20 heavy (non-hydrogen) atoms. The van der Waals surface area contributed by atoms with Crippen molar-refractivity contribution in [1.29, 1.82) is 0 Å². The van der Waals surface area contributed by atoms with E-state index in [9.17, 15) is 14.4 Å². The van der Waals surface area contributed by atoms with Crippen LogP contribution in [0.1, 0.15) is 64.7 Å². The molecular formula is C15H22N2O3. The van der Waals surface area contributed by atoms with E-state index >= 15 is 0 Å². The Hall–Kier alpha value is -1.39. The summed E-state index contributed by atoms with van der Waals surface area (Å²) in [5.74, 6) is -0.596. The SMILES string of the molecule is CCC1(N2C(=O)NC(=O)C3(CCCCC3)C2=O)CCC1. The first-order valence-electron chi connectivity index (χ1n) is 7.76. The molecule has 0 unspecified atom stereocenters. The van der Waals surface area contributed by atoms with E-state index in [-0.39, 0.29) is 17.4 Å². The molecule has 0 aromatic heterocycles. The Morgan fingerprint density at radius 3 is 2.15 bits per heavy atom. The zero-order valence-electron chi connectivity index (χ0n) is 12.0. The zero-order valence-corrected chi connectivity index (χ0v) is 12.0. The van der Waals surface area contributed by atoms with Crippen LogP contribution in [0.5, 0.6) is 0 Å². The lowest BCUT2D eigenvalue weighted by Gasteiger charge is -2.53. The number of carbonyl (C=O) groups excluding carboxylic acids is 3. The fraction of sp³-hybridized carbons (Fsp3) is 0.800. The Labute approximate surface area is 119 Å². The van der Waals surface area contributed by atoms with Crippen molar-refractivity contribution in [2.75, 3.05) is 0 Å². The topological polar surface area (TPSA) is 66.5 Å². The van der Waals surface area contributed by atoms with Gasteiger partial charge in [0.05, 0.1) is 5.54 Å². The Morgan fingerprint density at radius 1 is 1.00 bits per heavy atom. The highest BCUT2D eigenvalue weighted by atomic mass is 16.2. The normalized spacial score (nSPS) is 28.2. The van der Waals surface area contributed by atoms with Crippen molar-refractivity contribution >= 4 is 17.8 Å². The molecule has 3 fully saturated rings. The molecule has 5 nitrogen and oxygen atoms in total. The van der Waals surface area contributed by atoms with Gasteiger partial charge in [-0.3, -0.25) is 19.8 Å². The second-order valence-corrected chi connectivity index (χ2v) is 6.47. The number of nitrogens with zero attached hydrogens (tertiary/aromatic N) is 1. The van der Waals surface area contributed by atoms with Crippen LogP contribution in [0, 0.1) is 5.41 Å². The maximum absolute atomic E-state index is 13.0. The molecule has 1 spiro atoms. The second-order valence-electron chi connectivity index (χ2n) is 6.47. The average Bonchev–Trinajstić information content (AvgIpc) is 2.41. The van der Waals surface area contributed by atoms with Gasteiger partial charge in [0.15, 0.2) is 0 Å². The van der Waals surface area contributed by atoms with Crippen LogP contribution in [0.15, 0.2) is 0 Å². The van der Waals surface area contributed by atoms with E-state index in [4.69, 9.17) is 0 Å². The van der Waals surface area contributed by atoms with Crippen molar-refractivity contribution in [1.82, 2.24) is 10.2 Å². The fourth-order valence-electron chi connectivity index (χ4n) is 4.02. The van der Waals surface area contributed by atoms with Crippen LogP contribution in [-0.4, -0.2) is 28.3 Å². The summed E-state index contributed by atoms with van der Waals surface area (Å²) in [5.41, 5.74) is -1.31. The number of urea groups is 1. The third-order valence-corrected chi connectivity index (χ3v) is 5.59. The Kier molecular flexibility index (Phi) is 3.10. The fourth-order valence-corrected chi connectivity index (χ4v) is 4.02. The molecule has 2 saturated carbocycles. The second kappa shape index (κ2) is 4.57. The number of carbonyl (C=O) groups is 3. The summed E-state index contributed by atoms with van der Waals surface area (Å²) >= 11 is 0. The van der Waals surface area contributed by atoms with Crippen LogP contribution in [0.4, 0.5) is 4.79 Å². The van der Waals surface area contributed by atoms with Crippen LogP contribution in [-0.2, 0) is 9.59 Å². The van der Waals surface area contributed by atoms with E-state index in [1.807, 2.05) is 6.92 Å². The van der Waals surface area contributed by atoms with Gasteiger partial charge in [0.25, 0.3) is 0 Å². The standard InChI is InChI=1S/C15H22N2O3/c1-2-14(7-6-8-14)17-12(19)15(9-4-3-5-10-15)11(18)16-13(17)20/h2-10H2,1H3,(H,16,18,20). The lowest BCUT2D eigenvalue weighted by molar-refractivity contribution is -0.160. The van der Waals surface area contributed by atoms with Gasteiger partial charge in [-0.1, -0.05) is 26.2 Å². The number of rotatable bonds is 2. The van der Waals surface area contributed by atoms with E-state index < -0.39 is 11.4 Å². The number of hydrogen-bond acceptors (Lipinski definition) is 3. The highest BCUT2D eigenvalue weighted by molar-refractivity contribution is 6.19. The molecule has 2 aliphatic carbocycles. The van der Waals surface area contributed by atoms with Gasteiger partial charge in [-0.2, -0.15) is 0 Å². The molecule has 0 radical (unpaired) electrons. The predicted molar refractivity (Wildman–Crippen MR) is 72.8 cm³/mol. The number of hydrogen-bond donors (Lipinski definition) is 1. The van der Waals surface area contributed by atoms with Crippen molar-refractivity contribution in [3.8, 4) is 0 Å². The van der Waals surface area contributed by atoms with Gasteiger partial charge < -0.3 is 0 Å². The van der Waals surface area contributed by atoms with E-state index in [1.54, 1.807) is 0 Å². The van der Waals surface area contributed by atoms with Gasteiger partial charge in [-0.05, 0) is 38.5 Å². The summed E-state index contributed by atoms with van der Waals surface area (Å²) in [6, 6.07) is -0.502. The number of barbiturate groups is 1. The van der Waals surface area contributed by atoms with E-state index in [0.29, 0.717) is 12.8 Å². The average molecular weight is 278 g/mol. The van der Waals surface area contributed by atoms with Gasteiger partial charge in [-0.15, -0.1) is 0 Å². The molecule has 3 aliphatic rings. The Morgan fingerprint density at radius 2 is 1.65 bits per heavy atom. The van der Waals surface area contributed by atoms with Crippen LogP contribution >= 0.6 is 0 Å². The number of imide groups is 2. The van der Waals surface area contributed by atoms with Crippen LogP contribution in [0.25, 0.3) is 0 Å². The minimum absolute atomic E-state index is 0.229. The monoisotopic (exact) mass is 278 g/mol. The summed E-state index contributed by atoms with van der Waals surface area (Å²) in [7, 11) is 0. The Bertz CT molecular complexity index is 456. The van der Waals surface area contributed by atoms with E-state index in [0.717, 1.165) is 44.9 Å². The molecule has 1 heterocycles. The van der Waals surface area contributed by atoms with Crippen LogP contribution in [0.2, 0.25) is 0 Å². The van der Waals surface area contributed by atoms with Crippen molar-refractivity contribution in [3.05, 3.63) is 0 Å². The molecule has 4 amide bonds. The van der Waals surface area contributed by atoms with E-state index in [1.165, 1.54) is 4.90 Å². The first kappa shape index (κ1) is 13.6. The van der Waals surface area contributed by atoms with Crippen molar-refractivity contribution in [2.24, 2.45) is 5.41 Å². The van der Waals surface area contributed by atoms with Gasteiger partial charge in [0.2, 0.25) is 11.8 Å². The Balaban J connectivity index is 1.96. The van der Waals surface area contributed by atoms with Gasteiger partial charge in [0, 0.05) is 0 Å². The van der Waals surface area contributed by atoms with Crippen molar-refractivity contribution in [3.63, 3.8) is 0 Å². The molecule has 0 aromatic carbocycles. The summed E-state index contributed by atoms with van der Waals surface area (Å²) in [5, 5.41) is 2.46. The molecule has 5 heteroatoms. The molecule has 110 valence electrons. The van der Waals surface area contributed by atoms with E-state index in [2.05, 4.69) is 5.32 Å². The molecule has 1 aliphatic heterocycles. The molecular weight excluding hydrogens is 256 g/mol. The number of nitrogens with one attached hydrogen (secondary N) is 1. The summed E-state index contributed by atoms with van der Waals surface area (Å²) in [6.07, 6.45) is 7.57. The number of amides is 4. The van der Waals surface area contributed by atoms with Crippen LogP contribution < -0.4 is 5.32 Å². The van der Waals surface area contributed by atoms with Gasteiger partial charge in [-0.25, -0.2) is 4.79 Å². The molecule has 0 aromatic rings. The quantitative estimate of drug-likeness (QED) is 0.788. The molecule has 1 N–H and O–H groups in total. The minimum atomic E-state index is -0.968. The zero-order chi connectivity index (χ0) is 14.4. The lowest BCUT2D eigenvalue weighted by Crippen LogP contribution is -2.71. The predicted octanol–water partition coefficient (Wildman–Crippen LogP) is 2.35. The van der Waals surface area contributed by atoms with Gasteiger partial charge >= 0.3 is 6.03 Å². The first-order chi connectivity index (χ1) is 9.56. The highest BCUT2D eigenvalue weighted by Gasteiger charge is 2.59. The molecule has 1 saturated heterocycles. The van der Waals surface area contributed by atoms with Crippen molar-refractivity contribution in [2.45, 2.75) is 70.3 Å². The smallest absolute Gasteiger partial charge is 0.277 e. The minimum Gasteiger partial charge on any atom is -0.277 e. The summed E-state index contributed by atoms with van der Waals surface area (Å²) in [6.45, 7) is 2.02. The third kappa shape index (κ3) is 1.64. The van der Waals surface area contributed by atoms with Crippen molar-refractivity contribution < 1.29 is 14.4 Å². The van der Waals surface area contributed by atoms with Crippen LogP contribution in [0.3, 0.4) is 0 Å². The third-order valence-electron chi connectivity index (χ3n) is 5.59. The maximum atomic E-state index is 13.0. The maximum Gasteiger partial charge on any atom is 0.331 e. The highest BCUT2D eigenvalue weighted by Crippen LogP contribution is 2.47. The first-order valence-corrected chi connectivity index (χ1v) is 7.76. The summed E-state index contributed by atoms with van der Waals surface area (Å²) in [4.78, 5) is 38.9. The summed E-state index contributed by atoms with van der Waals surface area (Å²) < 4.78 is 0. The molecule has 3 rings (SSSR count).